The molecule has 29 heavy (non-hydrogen) atoms. The maximum atomic E-state index is 12.6. The lowest BCUT2D eigenvalue weighted by Crippen LogP contribution is -2.48. The summed E-state index contributed by atoms with van der Waals surface area (Å²) in [6.45, 7) is 13.7. The zero-order valence-electron chi connectivity index (χ0n) is 17.7. The Kier molecular flexibility index (Phi) is 12.1. The fourth-order valence-electron chi connectivity index (χ4n) is 2.67. The van der Waals surface area contributed by atoms with Crippen molar-refractivity contribution in [1.82, 2.24) is 10.2 Å². The van der Waals surface area contributed by atoms with E-state index < -0.39 is 23.7 Å². The number of amides is 2. The lowest BCUT2D eigenvalue weighted by Gasteiger charge is -2.28. The number of carbonyl (C=O) groups excluding carboxylic acids is 3. The maximum Gasteiger partial charge on any atom is 0.408 e. The number of rotatable bonds is 8. The largest absolute Gasteiger partial charge is 0.459 e. The molecule has 0 aromatic heterocycles. The summed E-state index contributed by atoms with van der Waals surface area (Å²) in [5, 5.41) is 2.47. The van der Waals surface area contributed by atoms with Crippen LogP contribution in [0.4, 0.5) is 4.79 Å². The molecule has 2 amide bonds. The molecule has 1 rings (SSSR count). The number of piperidine rings is 1. The number of carbonyl (C=O) groups is 3. The maximum absolute atomic E-state index is 12.6. The number of likely N-dealkylation sites (tertiary alicyclic amines) is 1. The summed E-state index contributed by atoms with van der Waals surface area (Å²) in [4.78, 5) is 38.9. The third-order valence-corrected chi connectivity index (χ3v) is 4.04. The molecular weight excluding hydrogens is 392 g/mol. The van der Waals surface area contributed by atoms with Crippen LogP contribution in [0, 0.1) is 0 Å². The summed E-state index contributed by atoms with van der Waals surface area (Å²) in [6.07, 6.45) is 6.79. The van der Waals surface area contributed by atoms with E-state index in [1.807, 2.05) is 0 Å². The predicted octanol–water partition coefficient (Wildman–Crippen LogP) is 3.24. The van der Waals surface area contributed by atoms with Crippen molar-refractivity contribution >= 4 is 31.5 Å². The van der Waals surface area contributed by atoms with Crippen LogP contribution < -0.4 is 5.32 Å². The van der Waals surface area contributed by atoms with Crippen LogP contribution in [0.2, 0.25) is 0 Å². The third-order valence-electron chi connectivity index (χ3n) is 4.04. The van der Waals surface area contributed by atoms with Gasteiger partial charge in [0.2, 0.25) is 5.91 Å². The Morgan fingerprint density at radius 3 is 2.28 bits per heavy atom. The standard InChI is InChI=1S/C21H32N2O5.H2S/c1-6-11-16(7-2)15-27-19(25)17(22-20(26)28-21(3,4)5)14-18(24)23-12-9-8-10-13-23;/h6-7,11,17H,1-2,8-10,12-15H2,3-5H3,(H,22,26);1H2/b16-11+;. The highest BCUT2D eigenvalue weighted by atomic mass is 32.1. The number of ether oxygens (including phenoxy) is 2. The number of hydrogen-bond donors (Lipinski definition) is 1. The van der Waals surface area contributed by atoms with E-state index in [1.54, 1.807) is 43.9 Å². The van der Waals surface area contributed by atoms with Gasteiger partial charge in [-0.2, -0.15) is 13.5 Å². The molecular formula is C21H34N2O5S. The Morgan fingerprint density at radius 1 is 1.14 bits per heavy atom. The zero-order valence-corrected chi connectivity index (χ0v) is 18.7. The van der Waals surface area contributed by atoms with E-state index in [1.165, 1.54) is 0 Å². The molecule has 0 saturated carbocycles. The third kappa shape index (κ3) is 10.8. The van der Waals surface area contributed by atoms with E-state index in [0.717, 1.165) is 19.3 Å². The van der Waals surface area contributed by atoms with Crippen LogP contribution in [0.5, 0.6) is 0 Å². The van der Waals surface area contributed by atoms with E-state index in [9.17, 15) is 14.4 Å². The number of hydrogen-bond acceptors (Lipinski definition) is 5. The van der Waals surface area contributed by atoms with Crippen LogP contribution in [0.25, 0.3) is 0 Å². The molecule has 0 bridgehead atoms. The van der Waals surface area contributed by atoms with Crippen molar-refractivity contribution in [3.63, 3.8) is 0 Å². The van der Waals surface area contributed by atoms with E-state index in [-0.39, 0.29) is 32.4 Å². The molecule has 1 unspecified atom stereocenters. The Labute approximate surface area is 180 Å². The average Bonchev–Trinajstić information content (AvgIpc) is 2.63. The predicted molar refractivity (Wildman–Crippen MR) is 118 cm³/mol. The SMILES string of the molecule is C=C/C=C(\C=C)COC(=O)C(CC(=O)N1CCCCC1)NC(=O)OC(C)(C)C.S. The Bertz CT molecular complexity index is 619. The highest BCUT2D eigenvalue weighted by Crippen LogP contribution is 2.13. The first-order valence-corrected chi connectivity index (χ1v) is 9.54. The Morgan fingerprint density at radius 2 is 1.76 bits per heavy atom. The van der Waals surface area contributed by atoms with E-state index in [0.29, 0.717) is 18.7 Å². The van der Waals surface area contributed by atoms with Gasteiger partial charge in [-0.25, -0.2) is 9.59 Å². The summed E-state index contributed by atoms with van der Waals surface area (Å²) in [5.41, 5.74) is -0.0697. The van der Waals surface area contributed by atoms with E-state index in [4.69, 9.17) is 9.47 Å². The molecule has 1 fully saturated rings. The van der Waals surface area contributed by atoms with Crippen LogP contribution in [0.15, 0.2) is 37.0 Å². The van der Waals surface area contributed by atoms with Gasteiger partial charge >= 0.3 is 12.1 Å². The van der Waals surface area contributed by atoms with E-state index >= 15 is 0 Å². The lowest BCUT2D eigenvalue weighted by atomic mass is 10.1. The van der Waals surface area contributed by atoms with Gasteiger partial charge in [0.05, 0.1) is 6.42 Å². The van der Waals surface area contributed by atoms with Crippen LogP contribution in [-0.2, 0) is 19.1 Å². The molecule has 0 aromatic carbocycles. The molecule has 1 heterocycles. The highest BCUT2D eigenvalue weighted by molar-refractivity contribution is 7.59. The van der Waals surface area contributed by atoms with Crippen LogP contribution >= 0.6 is 13.5 Å². The van der Waals surface area contributed by atoms with Crippen molar-refractivity contribution in [2.75, 3.05) is 19.7 Å². The second-order valence-electron chi connectivity index (χ2n) is 7.63. The molecule has 8 heteroatoms. The second-order valence-corrected chi connectivity index (χ2v) is 7.63. The molecule has 1 aliphatic rings. The molecule has 7 nitrogen and oxygen atoms in total. The fourth-order valence-corrected chi connectivity index (χ4v) is 2.67. The monoisotopic (exact) mass is 426 g/mol. The summed E-state index contributed by atoms with van der Waals surface area (Å²) in [5.74, 6) is -0.892. The van der Waals surface area contributed by atoms with Crippen molar-refractivity contribution in [2.45, 2.75) is 58.1 Å². The van der Waals surface area contributed by atoms with Gasteiger partial charge < -0.3 is 19.7 Å². The molecule has 1 saturated heterocycles. The van der Waals surface area contributed by atoms with Crippen LogP contribution in [0.3, 0.4) is 0 Å². The van der Waals surface area contributed by atoms with Gasteiger partial charge in [-0.1, -0.05) is 31.4 Å². The Balaban J connectivity index is 0.00000784. The molecule has 1 N–H and O–H groups in total. The number of nitrogens with zero attached hydrogens (tertiary/aromatic N) is 1. The molecule has 0 aliphatic carbocycles. The fraction of sp³-hybridized carbons (Fsp3) is 0.571. The molecule has 0 aromatic rings. The highest BCUT2D eigenvalue weighted by Gasteiger charge is 2.30. The molecule has 0 spiro atoms. The summed E-state index contributed by atoms with van der Waals surface area (Å²) in [6, 6.07) is -1.13. The quantitative estimate of drug-likeness (QED) is 0.476. The molecule has 1 aliphatic heterocycles. The van der Waals surface area contributed by atoms with Crippen molar-refractivity contribution in [2.24, 2.45) is 0 Å². The molecule has 0 radical (unpaired) electrons. The smallest absolute Gasteiger partial charge is 0.408 e. The van der Waals surface area contributed by atoms with Crippen LogP contribution in [-0.4, -0.2) is 54.2 Å². The van der Waals surface area contributed by atoms with Gasteiger partial charge in [0, 0.05) is 13.1 Å². The summed E-state index contributed by atoms with van der Waals surface area (Å²) < 4.78 is 10.5. The molecule has 164 valence electrons. The van der Waals surface area contributed by atoms with Gasteiger partial charge in [0.1, 0.15) is 18.2 Å². The minimum absolute atomic E-state index is 0. The summed E-state index contributed by atoms with van der Waals surface area (Å²) >= 11 is 0. The topological polar surface area (TPSA) is 84.9 Å². The number of allylic oxidation sites excluding steroid dienone is 2. The zero-order chi connectivity index (χ0) is 21.2. The number of alkyl carbamates (subject to hydrolysis) is 1. The first-order chi connectivity index (χ1) is 13.2. The van der Waals surface area contributed by atoms with Crippen molar-refractivity contribution in [3.05, 3.63) is 37.0 Å². The van der Waals surface area contributed by atoms with E-state index in [2.05, 4.69) is 18.5 Å². The first-order valence-electron chi connectivity index (χ1n) is 9.54. The van der Waals surface area contributed by atoms with Crippen LogP contribution in [0.1, 0.15) is 46.5 Å². The van der Waals surface area contributed by atoms with Crippen molar-refractivity contribution < 1.29 is 23.9 Å². The van der Waals surface area contributed by atoms with Gasteiger partial charge in [0.15, 0.2) is 0 Å². The lowest BCUT2D eigenvalue weighted by molar-refractivity contribution is -0.148. The number of nitrogens with one attached hydrogen (secondary N) is 1. The molecule has 1 atom stereocenters. The van der Waals surface area contributed by atoms with Gasteiger partial charge in [0.25, 0.3) is 0 Å². The number of esters is 1. The minimum Gasteiger partial charge on any atom is -0.459 e. The van der Waals surface area contributed by atoms with Crippen molar-refractivity contribution in [1.29, 1.82) is 0 Å². The normalized spacial score (nSPS) is 15.4. The average molecular weight is 427 g/mol. The van der Waals surface area contributed by atoms with Crippen molar-refractivity contribution in [3.8, 4) is 0 Å². The Hall–Kier alpha value is -2.22. The first kappa shape index (κ1) is 26.8. The second kappa shape index (κ2) is 13.1. The van der Waals surface area contributed by atoms with Gasteiger partial charge in [-0.15, -0.1) is 0 Å². The summed E-state index contributed by atoms with van der Waals surface area (Å²) in [7, 11) is 0. The minimum atomic E-state index is -1.13. The van der Waals surface area contributed by atoms with Gasteiger partial charge in [-0.3, -0.25) is 4.79 Å². The van der Waals surface area contributed by atoms with Gasteiger partial charge in [-0.05, 0) is 45.6 Å².